The first-order chi connectivity index (χ1) is 12.2. The molecule has 0 spiro atoms. The van der Waals surface area contributed by atoms with E-state index in [0.717, 1.165) is 22.0 Å². The number of morpholine rings is 1. The Labute approximate surface area is 145 Å². The number of fused-ring (bicyclic) bond motifs is 1. The number of Topliss-reactive ketones (excluding diaryl/α,β-unsaturated/α-hetero) is 1. The van der Waals surface area contributed by atoms with Crippen molar-refractivity contribution < 1.29 is 13.9 Å². The fourth-order valence-electron chi connectivity index (χ4n) is 3.32. The summed E-state index contributed by atoms with van der Waals surface area (Å²) in [5, 5.41) is 0.954. The maximum absolute atomic E-state index is 13.1. The number of ether oxygens (including phenoxy) is 1. The molecule has 25 heavy (non-hydrogen) atoms. The second kappa shape index (κ2) is 6.78. The van der Waals surface area contributed by atoms with Crippen LogP contribution in [-0.4, -0.2) is 41.9 Å². The number of carbonyl (C=O) groups is 1. The van der Waals surface area contributed by atoms with Gasteiger partial charge in [-0.2, -0.15) is 0 Å². The Bertz CT molecular complexity index is 888. The van der Waals surface area contributed by atoms with Crippen LogP contribution in [0.4, 0.5) is 4.39 Å². The van der Waals surface area contributed by atoms with Gasteiger partial charge in [0.25, 0.3) is 0 Å². The second-order valence-corrected chi connectivity index (χ2v) is 6.32. The fraction of sp³-hybridized carbons (Fsp3) is 0.250. The SMILES string of the molecule is O=C(CN1CCOC(c2ccc(F)cc2)C1)c1c[nH]c2ccccc12. The van der Waals surface area contributed by atoms with Crippen molar-refractivity contribution in [2.24, 2.45) is 0 Å². The topological polar surface area (TPSA) is 45.3 Å². The van der Waals surface area contributed by atoms with E-state index in [4.69, 9.17) is 4.74 Å². The van der Waals surface area contributed by atoms with Crippen LogP contribution in [-0.2, 0) is 4.74 Å². The zero-order valence-electron chi connectivity index (χ0n) is 13.7. The van der Waals surface area contributed by atoms with E-state index in [2.05, 4.69) is 9.88 Å². The van der Waals surface area contributed by atoms with Crippen molar-refractivity contribution in [1.82, 2.24) is 9.88 Å². The predicted molar refractivity (Wildman–Crippen MR) is 94.2 cm³/mol. The van der Waals surface area contributed by atoms with Gasteiger partial charge in [-0.1, -0.05) is 30.3 Å². The van der Waals surface area contributed by atoms with Gasteiger partial charge in [-0.15, -0.1) is 0 Å². The third-order valence-electron chi connectivity index (χ3n) is 4.65. The summed E-state index contributed by atoms with van der Waals surface area (Å²) in [5.74, 6) is -0.164. The summed E-state index contributed by atoms with van der Waals surface area (Å²) >= 11 is 0. The first-order valence-electron chi connectivity index (χ1n) is 8.39. The molecule has 1 N–H and O–H groups in total. The molecule has 0 bridgehead atoms. The molecular weight excluding hydrogens is 319 g/mol. The quantitative estimate of drug-likeness (QED) is 0.740. The van der Waals surface area contributed by atoms with Crippen LogP contribution in [0.2, 0.25) is 0 Å². The summed E-state index contributed by atoms with van der Waals surface area (Å²) < 4.78 is 18.9. The molecule has 1 atom stereocenters. The molecule has 1 unspecified atom stereocenters. The molecule has 2 aromatic carbocycles. The number of nitrogens with one attached hydrogen (secondary N) is 1. The highest BCUT2D eigenvalue weighted by molar-refractivity contribution is 6.08. The molecule has 4 rings (SSSR count). The van der Waals surface area contributed by atoms with Crippen molar-refractivity contribution in [3.05, 3.63) is 71.7 Å². The predicted octanol–water partition coefficient (Wildman–Crippen LogP) is 3.56. The smallest absolute Gasteiger partial charge is 0.178 e. The normalized spacial score (nSPS) is 18.5. The van der Waals surface area contributed by atoms with E-state index >= 15 is 0 Å². The van der Waals surface area contributed by atoms with Gasteiger partial charge in [-0.3, -0.25) is 9.69 Å². The Hall–Kier alpha value is -2.50. The molecule has 1 fully saturated rings. The molecule has 2 heterocycles. The van der Waals surface area contributed by atoms with Crippen LogP contribution < -0.4 is 0 Å². The summed E-state index contributed by atoms with van der Waals surface area (Å²) in [7, 11) is 0. The molecule has 1 aliphatic rings. The highest BCUT2D eigenvalue weighted by Gasteiger charge is 2.24. The molecule has 3 aromatic rings. The molecule has 1 saturated heterocycles. The maximum atomic E-state index is 13.1. The summed E-state index contributed by atoms with van der Waals surface area (Å²) in [6, 6.07) is 14.2. The van der Waals surface area contributed by atoms with Crippen molar-refractivity contribution in [2.45, 2.75) is 6.10 Å². The molecule has 5 heteroatoms. The van der Waals surface area contributed by atoms with E-state index in [1.54, 1.807) is 18.3 Å². The van der Waals surface area contributed by atoms with Crippen molar-refractivity contribution in [3.8, 4) is 0 Å². The minimum Gasteiger partial charge on any atom is -0.371 e. The number of aromatic nitrogens is 1. The minimum absolute atomic E-state index is 0.0946. The number of rotatable bonds is 4. The van der Waals surface area contributed by atoms with E-state index in [9.17, 15) is 9.18 Å². The summed E-state index contributed by atoms with van der Waals surface area (Å²) in [6.45, 7) is 2.25. The lowest BCUT2D eigenvalue weighted by molar-refractivity contribution is -0.0275. The summed E-state index contributed by atoms with van der Waals surface area (Å²) in [6.07, 6.45) is 1.65. The highest BCUT2D eigenvalue weighted by atomic mass is 19.1. The van der Waals surface area contributed by atoms with Crippen LogP contribution in [0.3, 0.4) is 0 Å². The molecular formula is C20H19FN2O2. The van der Waals surface area contributed by atoms with E-state index in [1.165, 1.54) is 12.1 Å². The van der Waals surface area contributed by atoms with Gasteiger partial charge in [-0.05, 0) is 23.8 Å². The lowest BCUT2D eigenvalue weighted by Gasteiger charge is -2.32. The van der Waals surface area contributed by atoms with Crippen LogP contribution in [0.25, 0.3) is 10.9 Å². The molecule has 0 saturated carbocycles. The zero-order chi connectivity index (χ0) is 17.2. The summed E-state index contributed by atoms with van der Waals surface area (Å²) in [5.41, 5.74) is 2.63. The van der Waals surface area contributed by atoms with Gasteiger partial charge in [0.1, 0.15) is 5.82 Å². The molecule has 0 aliphatic carbocycles. The van der Waals surface area contributed by atoms with Gasteiger partial charge in [0.05, 0.1) is 19.3 Å². The van der Waals surface area contributed by atoms with Gasteiger partial charge in [0, 0.05) is 35.8 Å². The molecule has 0 radical (unpaired) electrons. The molecule has 4 nitrogen and oxygen atoms in total. The van der Waals surface area contributed by atoms with Crippen LogP contribution in [0.1, 0.15) is 22.0 Å². The Balaban J connectivity index is 1.47. The number of H-pyrrole nitrogens is 1. The van der Waals surface area contributed by atoms with Gasteiger partial charge >= 0.3 is 0 Å². The lowest BCUT2D eigenvalue weighted by atomic mass is 10.1. The number of para-hydroxylation sites is 1. The molecule has 128 valence electrons. The average molecular weight is 338 g/mol. The lowest BCUT2D eigenvalue weighted by Crippen LogP contribution is -2.41. The monoisotopic (exact) mass is 338 g/mol. The Kier molecular flexibility index (Phi) is 4.34. The maximum Gasteiger partial charge on any atom is 0.178 e. The van der Waals surface area contributed by atoms with Crippen LogP contribution in [0.5, 0.6) is 0 Å². The Morgan fingerprint density at radius 3 is 2.84 bits per heavy atom. The van der Waals surface area contributed by atoms with Crippen molar-refractivity contribution in [1.29, 1.82) is 0 Å². The number of aromatic amines is 1. The van der Waals surface area contributed by atoms with Gasteiger partial charge in [-0.25, -0.2) is 4.39 Å². The third-order valence-corrected chi connectivity index (χ3v) is 4.65. The van der Waals surface area contributed by atoms with Crippen molar-refractivity contribution in [3.63, 3.8) is 0 Å². The highest BCUT2D eigenvalue weighted by Crippen LogP contribution is 2.23. The van der Waals surface area contributed by atoms with Gasteiger partial charge < -0.3 is 9.72 Å². The number of benzene rings is 2. The summed E-state index contributed by atoms with van der Waals surface area (Å²) in [4.78, 5) is 18.0. The Morgan fingerprint density at radius 2 is 2.00 bits per heavy atom. The molecule has 0 amide bonds. The largest absolute Gasteiger partial charge is 0.371 e. The number of hydrogen-bond donors (Lipinski definition) is 1. The van der Waals surface area contributed by atoms with Crippen molar-refractivity contribution in [2.75, 3.05) is 26.2 Å². The van der Waals surface area contributed by atoms with Crippen LogP contribution in [0.15, 0.2) is 54.7 Å². The fourth-order valence-corrected chi connectivity index (χ4v) is 3.32. The number of carbonyl (C=O) groups excluding carboxylic acids is 1. The first-order valence-corrected chi connectivity index (χ1v) is 8.39. The molecule has 1 aromatic heterocycles. The first kappa shape index (κ1) is 16.0. The van der Waals surface area contributed by atoms with Crippen LogP contribution >= 0.6 is 0 Å². The van der Waals surface area contributed by atoms with Crippen molar-refractivity contribution >= 4 is 16.7 Å². The number of hydrogen-bond acceptors (Lipinski definition) is 3. The number of ketones is 1. The van der Waals surface area contributed by atoms with E-state index in [1.807, 2.05) is 24.3 Å². The second-order valence-electron chi connectivity index (χ2n) is 6.32. The Morgan fingerprint density at radius 1 is 1.20 bits per heavy atom. The minimum atomic E-state index is -0.258. The average Bonchev–Trinajstić information content (AvgIpc) is 3.07. The zero-order valence-corrected chi connectivity index (χ0v) is 13.7. The van der Waals surface area contributed by atoms with Crippen LogP contribution in [0, 0.1) is 5.82 Å². The van der Waals surface area contributed by atoms with E-state index in [0.29, 0.717) is 26.2 Å². The van der Waals surface area contributed by atoms with Gasteiger partial charge in [0.2, 0.25) is 0 Å². The van der Waals surface area contributed by atoms with Gasteiger partial charge in [0.15, 0.2) is 5.78 Å². The number of halogens is 1. The molecule has 1 aliphatic heterocycles. The van der Waals surface area contributed by atoms with E-state index < -0.39 is 0 Å². The third kappa shape index (κ3) is 3.34. The number of nitrogens with zero attached hydrogens (tertiary/aromatic N) is 1. The standard InChI is InChI=1S/C20H19FN2O2/c21-15-7-5-14(6-8-15)20-13-23(9-10-25-20)12-19(24)17-11-22-18-4-2-1-3-16(17)18/h1-8,11,20,22H,9-10,12-13H2. The van der Waals surface area contributed by atoms with E-state index in [-0.39, 0.29) is 17.7 Å².